The third kappa shape index (κ3) is 2.48. The minimum atomic E-state index is -0.131. The van der Waals surface area contributed by atoms with Crippen molar-refractivity contribution in [1.29, 1.82) is 0 Å². The molecule has 0 aromatic carbocycles. The predicted molar refractivity (Wildman–Crippen MR) is 59.2 cm³/mol. The average molecular weight is 242 g/mol. The van der Waals surface area contributed by atoms with Crippen LogP contribution in [0.4, 0.5) is 5.82 Å². The molecule has 1 aliphatic rings. The molecule has 1 N–H and O–H groups in total. The standard InChI is InChI=1S/C10H12ClN3O2/c1-6-4-7(5-16-6)10(15)14-9-8(11)12-2-3-13-9/h2-3,6-7H,4-5H2,1H3,(H,13,14,15). The summed E-state index contributed by atoms with van der Waals surface area (Å²) in [5.41, 5.74) is 0. The van der Waals surface area contributed by atoms with Crippen molar-refractivity contribution in [2.75, 3.05) is 11.9 Å². The Labute approximate surface area is 98.2 Å². The van der Waals surface area contributed by atoms with Crippen molar-refractivity contribution in [3.8, 4) is 0 Å². The number of ether oxygens (including phenoxy) is 1. The Bertz CT molecular complexity index is 399. The summed E-state index contributed by atoms with van der Waals surface area (Å²) in [6, 6.07) is 0. The molecular weight excluding hydrogens is 230 g/mol. The first-order valence-corrected chi connectivity index (χ1v) is 5.43. The van der Waals surface area contributed by atoms with Crippen LogP contribution in [-0.2, 0) is 9.53 Å². The topological polar surface area (TPSA) is 64.1 Å². The molecule has 5 nitrogen and oxygen atoms in total. The molecule has 2 atom stereocenters. The number of halogens is 1. The maximum Gasteiger partial charge on any atom is 0.231 e. The Kier molecular flexibility index (Phi) is 3.36. The molecule has 2 unspecified atom stereocenters. The van der Waals surface area contributed by atoms with Gasteiger partial charge in [0.2, 0.25) is 5.91 Å². The van der Waals surface area contributed by atoms with Gasteiger partial charge >= 0.3 is 0 Å². The molecule has 2 heterocycles. The highest BCUT2D eigenvalue weighted by atomic mass is 35.5. The van der Waals surface area contributed by atoms with E-state index in [0.29, 0.717) is 12.4 Å². The van der Waals surface area contributed by atoms with Crippen molar-refractivity contribution in [1.82, 2.24) is 9.97 Å². The second-order valence-corrected chi connectivity index (χ2v) is 4.12. The van der Waals surface area contributed by atoms with E-state index in [1.807, 2.05) is 6.92 Å². The normalized spacial score (nSPS) is 24.4. The van der Waals surface area contributed by atoms with Crippen LogP contribution in [0, 0.1) is 5.92 Å². The highest BCUT2D eigenvalue weighted by Gasteiger charge is 2.28. The zero-order chi connectivity index (χ0) is 11.5. The Morgan fingerprint density at radius 3 is 2.94 bits per heavy atom. The van der Waals surface area contributed by atoms with Crippen LogP contribution in [0.5, 0.6) is 0 Å². The van der Waals surface area contributed by atoms with Crippen molar-refractivity contribution in [3.05, 3.63) is 17.5 Å². The number of nitrogens with one attached hydrogen (secondary N) is 1. The summed E-state index contributed by atoms with van der Waals surface area (Å²) in [6.45, 7) is 2.40. The smallest absolute Gasteiger partial charge is 0.231 e. The quantitative estimate of drug-likeness (QED) is 0.852. The van der Waals surface area contributed by atoms with Gasteiger partial charge in [-0.3, -0.25) is 4.79 Å². The summed E-state index contributed by atoms with van der Waals surface area (Å²) in [5.74, 6) is 0.0496. The zero-order valence-corrected chi connectivity index (χ0v) is 9.57. The number of carbonyl (C=O) groups is 1. The van der Waals surface area contributed by atoms with Crippen molar-refractivity contribution in [3.63, 3.8) is 0 Å². The van der Waals surface area contributed by atoms with E-state index in [4.69, 9.17) is 16.3 Å². The molecule has 16 heavy (non-hydrogen) atoms. The van der Waals surface area contributed by atoms with Gasteiger partial charge in [-0.25, -0.2) is 9.97 Å². The summed E-state index contributed by atoms with van der Waals surface area (Å²) in [7, 11) is 0. The molecule has 1 aromatic rings. The van der Waals surface area contributed by atoms with Crippen LogP contribution in [0.2, 0.25) is 5.15 Å². The van der Waals surface area contributed by atoms with E-state index in [9.17, 15) is 4.79 Å². The van der Waals surface area contributed by atoms with Crippen LogP contribution in [0.3, 0.4) is 0 Å². The van der Waals surface area contributed by atoms with E-state index in [2.05, 4.69) is 15.3 Å². The Hall–Kier alpha value is -1.20. The van der Waals surface area contributed by atoms with E-state index in [1.54, 1.807) is 0 Å². The number of hydrogen-bond donors (Lipinski definition) is 1. The van der Waals surface area contributed by atoms with Gasteiger partial charge in [0.25, 0.3) is 0 Å². The molecule has 0 saturated carbocycles. The van der Waals surface area contributed by atoms with Gasteiger partial charge in [-0.05, 0) is 13.3 Å². The van der Waals surface area contributed by atoms with E-state index >= 15 is 0 Å². The minimum absolute atomic E-state index is 0.119. The zero-order valence-electron chi connectivity index (χ0n) is 8.81. The second kappa shape index (κ2) is 4.76. The summed E-state index contributed by atoms with van der Waals surface area (Å²) in [4.78, 5) is 19.6. The van der Waals surface area contributed by atoms with Gasteiger partial charge in [0.05, 0.1) is 18.6 Å². The number of carbonyl (C=O) groups excluding carboxylic acids is 1. The molecule has 0 bridgehead atoms. The molecule has 86 valence electrons. The van der Waals surface area contributed by atoms with E-state index in [-0.39, 0.29) is 23.1 Å². The summed E-state index contributed by atoms with van der Waals surface area (Å²) in [6.07, 6.45) is 3.81. The fourth-order valence-electron chi connectivity index (χ4n) is 1.62. The third-order valence-electron chi connectivity index (χ3n) is 2.46. The van der Waals surface area contributed by atoms with Crippen LogP contribution >= 0.6 is 11.6 Å². The first-order chi connectivity index (χ1) is 7.66. The maximum atomic E-state index is 11.8. The Balaban J connectivity index is 2.00. The van der Waals surface area contributed by atoms with E-state index < -0.39 is 0 Å². The SMILES string of the molecule is CC1CC(C(=O)Nc2nccnc2Cl)CO1. The lowest BCUT2D eigenvalue weighted by atomic mass is 10.1. The molecule has 0 radical (unpaired) electrons. The van der Waals surface area contributed by atoms with Gasteiger partial charge in [-0.15, -0.1) is 0 Å². The highest BCUT2D eigenvalue weighted by molar-refractivity contribution is 6.32. The molecule has 1 aliphatic heterocycles. The minimum Gasteiger partial charge on any atom is -0.378 e. The predicted octanol–water partition coefficient (Wildman–Crippen LogP) is 1.49. The van der Waals surface area contributed by atoms with Crippen LogP contribution < -0.4 is 5.32 Å². The summed E-state index contributed by atoms with van der Waals surface area (Å²) in [5, 5.41) is 2.85. The van der Waals surface area contributed by atoms with Crippen molar-refractivity contribution < 1.29 is 9.53 Å². The third-order valence-corrected chi connectivity index (χ3v) is 2.74. The van der Waals surface area contributed by atoms with Crippen LogP contribution in [0.1, 0.15) is 13.3 Å². The molecule has 1 amide bonds. The number of aromatic nitrogens is 2. The lowest BCUT2D eigenvalue weighted by molar-refractivity contribution is -0.119. The highest BCUT2D eigenvalue weighted by Crippen LogP contribution is 2.22. The van der Waals surface area contributed by atoms with Crippen LogP contribution in [0.15, 0.2) is 12.4 Å². The largest absolute Gasteiger partial charge is 0.378 e. The molecule has 0 aliphatic carbocycles. The van der Waals surface area contributed by atoms with Gasteiger partial charge in [0.15, 0.2) is 11.0 Å². The van der Waals surface area contributed by atoms with E-state index in [0.717, 1.165) is 6.42 Å². The lowest BCUT2D eigenvalue weighted by Gasteiger charge is -2.08. The van der Waals surface area contributed by atoms with Gasteiger partial charge < -0.3 is 10.1 Å². The first-order valence-electron chi connectivity index (χ1n) is 5.06. The molecule has 1 aromatic heterocycles. The van der Waals surface area contributed by atoms with Crippen molar-refractivity contribution in [2.45, 2.75) is 19.4 Å². The van der Waals surface area contributed by atoms with Crippen LogP contribution in [0.25, 0.3) is 0 Å². The number of anilines is 1. The van der Waals surface area contributed by atoms with Gasteiger partial charge in [-0.2, -0.15) is 0 Å². The van der Waals surface area contributed by atoms with E-state index in [1.165, 1.54) is 12.4 Å². The number of rotatable bonds is 2. The van der Waals surface area contributed by atoms with Gasteiger partial charge in [0.1, 0.15) is 0 Å². The molecular formula is C10H12ClN3O2. The van der Waals surface area contributed by atoms with Crippen molar-refractivity contribution >= 4 is 23.3 Å². The van der Waals surface area contributed by atoms with Crippen molar-refractivity contribution in [2.24, 2.45) is 5.92 Å². The fraction of sp³-hybridized carbons (Fsp3) is 0.500. The maximum absolute atomic E-state index is 11.8. The Morgan fingerprint density at radius 1 is 1.56 bits per heavy atom. The summed E-state index contributed by atoms with van der Waals surface area (Å²) >= 11 is 5.78. The molecule has 0 spiro atoms. The number of nitrogens with zero attached hydrogens (tertiary/aromatic N) is 2. The second-order valence-electron chi connectivity index (χ2n) is 3.76. The summed E-state index contributed by atoms with van der Waals surface area (Å²) < 4.78 is 5.32. The number of amides is 1. The lowest BCUT2D eigenvalue weighted by Crippen LogP contribution is -2.23. The number of hydrogen-bond acceptors (Lipinski definition) is 4. The fourth-order valence-corrected chi connectivity index (χ4v) is 1.78. The Morgan fingerprint density at radius 2 is 2.31 bits per heavy atom. The van der Waals surface area contributed by atoms with Gasteiger partial charge in [-0.1, -0.05) is 11.6 Å². The monoisotopic (exact) mass is 241 g/mol. The average Bonchev–Trinajstić information content (AvgIpc) is 2.68. The van der Waals surface area contributed by atoms with Crippen LogP contribution in [-0.4, -0.2) is 28.6 Å². The molecule has 1 fully saturated rings. The molecule has 6 heteroatoms. The molecule has 2 rings (SSSR count). The van der Waals surface area contributed by atoms with Gasteiger partial charge in [0, 0.05) is 12.4 Å². The first kappa shape index (κ1) is 11.3. The molecule has 1 saturated heterocycles.